The number of benzene rings is 2. The summed E-state index contributed by atoms with van der Waals surface area (Å²) in [7, 11) is 0. The van der Waals surface area contributed by atoms with Crippen LogP contribution in [0.1, 0.15) is 5.76 Å². The number of halogens is 1. The highest BCUT2D eigenvalue weighted by atomic mass is 127. The lowest BCUT2D eigenvalue weighted by molar-refractivity contribution is -0.384. The highest BCUT2D eigenvalue weighted by molar-refractivity contribution is 14.1. The van der Waals surface area contributed by atoms with Crippen LogP contribution in [0, 0.1) is 13.7 Å². The number of nitrogens with zero attached hydrogens (tertiary/aromatic N) is 2. The van der Waals surface area contributed by atoms with Crippen molar-refractivity contribution in [1.82, 2.24) is 5.43 Å². The van der Waals surface area contributed by atoms with E-state index in [4.69, 9.17) is 4.42 Å². The number of nitrogens with one attached hydrogen (secondary N) is 1. The minimum Gasteiger partial charge on any atom is -0.457 e. The number of amides is 2. The van der Waals surface area contributed by atoms with Crippen LogP contribution in [0.3, 0.4) is 0 Å². The summed E-state index contributed by atoms with van der Waals surface area (Å²) in [5, 5.41) is 12.1. The number of rotatable bonds is 4. The first kappa shape index (κ1) is 18.9. The van der Waals surface area contributed by atoms with Crippen LogP contribution in [0.2, 0.25) is 0 Å². The molecular weight excluding hydrogens is 489 g/mol. The number of hydrogen-bond donors (Lipinski definition) is 1. The van der Waals surface area contributed by atoms with Gasteiger partial charge in [-0.3, -0.25) is 25.1 Å². The van der Waals surface area contributed by atoms with Crippen molar-refractivity contribution >= 4 is 51.9 Å². The zero-order valence-corrected chi connectivity index (χ0v) is 16.8. The normalized spacial score (nSPS) is 15.1. The zero-order chi connectivity index (χ0) is 20.5. The van der Waals surface area contributed by atoms with Gasteiger partial charge in [0.1, 0.15) is 17.1 Å². The standard InChI is InChI=1S/C20H12IN3O5/c21-13-4-6-14(7-5-13)23-20(26)17(19(25)22-23)11-16-8-9-18(29-16)12-2-1-3-15(10-12)24(27)28/h1-11H,(H,22,25). The summed E-state index contributed by atoms with van der Waals surface area (Å²) in [5.74, 6) is -0.360. The third kappa shape index (κ3) is 3.76. The Bertz CT molecular complexity index is 1170. The number of carbonyl (C=O) groups excluding carboxylic acids is 2. The maximum Gasteiger partial charge on any atom is 0.282 e. The van der Waals surface area contributed by atoms with E-state index in [9.17, 15) is 19.7 Å². The Labute approximate surface area is 178 Å². The van der Waals surface area contributed by atoms with E-state index in [1.54, 1.807) is 36.4 Å². The van der Waals surface area contributed by atoms with Crippen LogP contribution in [0.15, 0.2) is 70.7 Å². The van der Waals surface area contributed by atoms with Gasteiger partial charge in [-0.05, 0) is 65.1 Å². The van der Waals surface area contributed by atoms with Crippen molar-refractivity contribution < 1.29 is 18.9 Å². The lowest BCUT2D eigenvalue weighted by Crippen LogP contribution is -2.35. The second kappa shape index (κ2) is 7.51. The first-order chi connectivity index (χ1) is 13.9. The van der Waals surface area contributed by atoms with Gasteiger partial charge in [-0.2, -0.15) is 0 Å². The average Bonchev–Trinajstić information content (AvgIpc) is 3.29. The SMILES string of the molecule is O=C1NN(c2ccc(I)cc2)C(=O)C1=Cc1ccc(-c2cccc([N+](=O)[O-])c2)o1. The molecule has 0 atom stereocenters. The van der Waals surface area contributed by atoms with Crippen LogP contribution in [0.25, 0.3) is 17.4 Å². The monoisotopic (exact) mass is 501 g/mol. The summed E-state index contributed by atoms with van der Waals surface area (Å²) in [6, 6.07) is 16.3. The quantitative estimate of drug-likeness (QED) is 0.192. The highest BCUT2D eigenvalue weighted by Crippen LogP contribution is 2.28. The smallest absolute Gasteiger partial charge is 0.282 e. The lowest BCUT2D eigenvalue weighted by atomic mass is 10.1. The van der Waals surface area contributed by atoms with E-state index in [-0.39, 0.29) is 17.0 Å². The van der Waals surface area contributed by atoms with E-state index >= 15 is 0 Å². The molecular formula is C20H12IN3O5. The van der Waals surface area contributed by atoms with Gasteiger partial charge in [0, 0.05) is 21.3 Å². The molecule has 29 heavy (non-hydrogen) atoms. The number of furan rings is 1. The highest BCUT2D eigenvalue weighted by Gasteiger charge is 2.34. The van der Waals surface area contributed by atoms with Crippen molar-refractivity contribution in [2.24, 2.45) is 0 Å². The molecule has 2 aromatic carbocycles. The third-order valence-electron chi connectivity index (χ3n) is 4.23. The Morgan fingerprint density at radius 1 is 1.07 bits per heavy atom. The molecule has 4 rings (SSSR count). The molecule has 9 heteroatoms. The fraction of sp³-hybridized carbons (Fsp3) is 0. The van der Waals surface area contributed by atoms with Crippen LogP contribution in [-0.4, -0.2) is 16.7 Å². The first-order valence-electron chi connectivity index (χ1n) is 8.40. The molecule has 0 radical (unpaired) electrons. The molecule has 144 valence electrons. The molecule has 1 aromatic heterocycles. The molecule has 1 fully saturated rings. The Morgan fingerprint density at radius 2 is 1.83 bits per heavy atom. The van der Waals surface area contributed by atoms with Crippen LogP contribution in [0.5, 0.6) is 0 Å². The topological polar surface area (TPSA) is 106 Å². The molecule has 0 spiro atoms. The van der Waals surface area contributed by atoms with Gasteiger partial charge >= 0.3 is 0 Å². The van der Waals surface area contributed by atoms with Crippen LogP contribution in [0.4, 0.5) is 11.4 Å². The van der Waals surface area contributed by atoms with Gasteiger partial charge in [0.2, 0.25) is 0 Å². The number of nitro benzene ring substituents is 1. The molecule has 0 saturated carbocycles. The maximum atomic E-state index is 12.7. The number of hydrazine groups is 1. The van der Waals surface area contributed by atoms with Crippen molar-refractivity contribution in [2.75, 3.05) is 5.01 Å². The summed E-state index contributed by atoms with van der Waals surface area (Å²) < 4.78 is 6.67. The number of carbonyl (C=O) groups is 2. The molecule has 1 aliphatic rings. The molecule has 2 amide bonds. The van der Waals surface area contributed by atoms with E-state index in [1.807, 2.05) is 12.1 Å². The van der Waals surface area contributed by atoms with Crippen molar-refractivity contribution in [2.45, 2.75) is 0 Å². The Morgan fingerprint density at radius 3 is 2.55 bits per heavy atom. The van der Waals surface area contributed by atoms with Gasteiger partial charge in [0.05, 0.1) is 10.6 Å². The zero-order valence-electron chi connectivity index (χ0n) is 14.7. The second-order valence-corrected chi connectivity index (χ2v) is 7.37. The molecule has 0 unspecified atom stereocenters. The average molecular weight is 501 g/mol. The molecule has 2 heterocycles. The summed E-state index contributed by atoms with van der Waals surface area (Å²) in [6.45, 7) is 0. The second-order valence-electron chi connectivity index (χ2n) is 6.13. The third-order valence-corrected chi connectivity index (χ3v) is 4.95. The number of hydrogen-bond acceptors (Lipinski definition) is 5. The molecule has 3 aromatic rings. The van der Waals surface area contributed by atoms with Gasteiger partial charge in [-0.25, -0.2) is 5.01 Å². The van der Waals surface area contributed by atoms with Crippen LogP contribution < -0.4 is 10.4 Å². The Balaban J connectivity index is 1.61. The lowest BCUT2D eigenvalue weighted by Gasteiger charge is -2.14. The largest absolute Gasteiger partial charge is 0.457 e. The summed E-state index contributed by atoms with van der Waals surface area (Å²) in [6.07, 6.45) is 1.35. The van der Waals surface area contributed by atoms with Crippen molar-refractivity contribution in [1.29, 1.82) is 0 Å². The summed E-state index contributed by atoms with van der Waals surface area (Å²) >= 11 is 2.15. The molecule has 0 aliphatic carbocycles. The fourth-order valence-electron chi connectivity index (χ4n) is 2.83. The Kier molecular flexibility index (Phi) is 4.89. The van der Waals surface area contributed by atoms with Gasteiger partial charge in [-0.15, -0.1) is 0 Å². The van der Waals surface area contributed by atoms with E-state index in [1.165, 1.54) is 23.2 Å². The van der Waals surface area contributed by atoms with Gasteiger partial charge in [0.25, 0.3) is 17.5 Å². The molecule has 1 N–H and O–H groups in total. The van der Waals surface area contributed by atoms with E-state index in [2.05, 4.69) is 28.0 Å². The minimum atomic E-state index is -0.540. The molecule has 1 aliphatic heterocycles. The Hall–Kier alpha value is -3.47. The number of non-ortho nitro benzene ring substituents is 1. The number of anilines is 1. The van der Waals surface area contributed by atoms with E-state index in [0.717, 1.165) is 3.57 Å². The van der Waals surface area contributed by atoms with Gasteiger partial charge < -0.3 is 4.42 Å². The predicted octanol–water partition coefficient (Wildman–Crippen LogP) is 3.92. The fourth-order valence-corrected chi connectivity index (χ4v) is 3.19. The van der Waals surface area contributed by atoms with E-state index < -0.39 is 16.7 Å². The van der Waals surface area contributed by atoms with Crippen molar-refractivity contribution in [3.05, 3.63) is 85.7 Å². The van der Waals surface area contributed by atoms with Gasteiger partial charge in [-0.1, -0.05) is 12.1 Å². The molecule has 8 nitrogen and oxygen atoms in total. The predicted molar refractivity (Wildman–Crippen MR) is 114 cm³/mol. The molecule has 0 bridgehead atoms. The number of nitro groups is 1. The summed E-state index contributed by atoms with van der Waals surface area (Å²) in [4.78, 5) is 35.4. The van der Waals surface area contributed by atoms with Crippen molar-refractivity contribution in [3.63, 3.8) is 0 Å². The van der Waals surface area contributed by atoms with Crippen LogP contribution >= 0.6 is 22.6 Å². The first-order valence-corrected chi connectivity index (χ1v) is 9.47. The summed E-state index contributed by atoms with van der Waals surface area (Å²) in [5.41, 5.74) is 3.47. The maximum absolute atomic E-state index is 12.7. The van der Waals surface area contributed by atoms with E-state index in [0.29, 0.717) is 17.0 Å². The van der Waals surface area contributed by atoms with Crippen LogP contribution in [-0.2, 0) is 9.59 Å². The van der Waals surface area contributed by atoms with Gasteiger partial charge in [0.15, 0.2) is 0 Å². The van der Waals surface area contributed by atoms with Crippen molar-refractivity contribution in [3.8, 4) is 11.3 Å². The molecule has 1 saturated heterocycles. The minimum absolute atomic E-state index is 0.0580.